The van der Waals surface area contributed by atoms with Crippen molar-refractivity contribution in [2.24, 2.45) is 0 Å². The van der Waals surface area contributed by atoms with Crippen molar-refractivity contribution in [1.82, 2.24) is 10.2 Å². The number of likely N-dealkylation sites (tertiary alicyclic amines) is 1. The van der Waals surface area contributed by atoms with E-state index in [0.717, 1.165) is 12.8 Å². The van der Waals surface area contributed by atoms with Gasteiger partial charge in [0.05, 0.1) is 6.07 Å². The summed E-state index contributed by atoms with van der Waals surface area (Å²) >= 11 is 0. The molecule has 78 valence electrons. The summed E-state index contributed by atoms with van der Waals surface area (Å²) in [7, 11) is 0. The van der Waals surface area contributed by atoms with E-state index < -0.39 is 0 Å². The molecule has 0 atom stereocenters. The van der Waals surface area contributed by atoms with Crippen molar-refractivity contribution < 1.29 is 0 Å². The molecule has 1 N–H and O–H groups in total. The molecule has 2 heterocycles. The SMILES string of the molecule is N#CCCCCN1CCCC12CNC2. The number of unbranched alkanes of at least 4 members (excludes halogenated alkanes) is 2. The molecule has 0 aliphatic carbocycles. The Bertz CT molecular complexity index is 227. The molecule has 2 aliphatic heterocycles. The van der Waals surface area contributed by atoms with E-state index in [1.165, 1.54) is 45.4 Å². The number of rotatable bonds is 4. The second-order valence-electron chi connectivity index (χ2n) is 4.53. The summed E-state index contributed by atoms with van der Waals surface area (Å²) in [4.78, 5) is 2.64. The molecule has 0 bridgehead atoms. The third kappa shape index (κ3) is 1.77. The van der Waals surface area contributed by atoms with E-state index in [1.807, 2.05) is 0 Å². The third-order valence-corrected chi connectivity index (χ3v) is 3.62. The van der Waals surface area contributed by atoms with Crippen molar-refractivity contribution in [2.45, 2.75) is 37.6 Å². The first-order chi connectivity index (χ1) is 6.87. The van der Waals surface area contributed by atoms with Crippen LogP contribution in [0.4, 0.5) is 0 Å². The minimum atomic E-state index is 0.520. The van der Waals surface area contributed by atoms with E-state index >= 15 is 0 Å². The standard InChI is InChI=1S/C11H19N3/c12-6-2-1-3-7-14-8-4-5-11(14)9-13-10-11/h13H,1-5,7-10H2. The van der Waals surface area contributed by atoms with E-state index in [9.17, 15) is 0 Å². The van der Waals surface area contributed by atoms with Crippen LogP contribution in [0.3, 0.4) is 0 Å². The van der Waals surface area contributed by atoms with Crippen LogP contribution in [0.25, 0.3) is 0 Å². The number of nitrogens with one attached hydrogen (secondary N) is 1. The highest BCUT2D eigenvalue weighted by Crippen LogP contribution is 2.32. The van der Waals surface area contributed by atoms with Crippen LogP contribution in [0.15, 0.2) is 0 Å². The van der Waals surface area contributed by atoms with E-state index in [2.05, 4.69) is 16.3 Å². The van der Waals surface area contributed by atoms with Gasteiger partial charge in [0.25, 0.3) is 0 Å². The Labute approximate surface area is 86.1 Å². The highest BCUT2D eigenvalue weighted by Gasteiger charge is 2.44. The number of nitriles is 1. The molecule has 0 amide bonds. The van der Waals surface area contributed by atoms with Gasteiger partial charge in [0, 0.05) is 25.0 Å². The van der Waals surface area contributed by atoms with Crippen LogP contribution in [0, 0.1) is 11.3 Å². The molecule has 0 aromatic rings. The van der Waals surface area contributed by atoms with Gasteiger partial charge in [-0.3, -0.25) is 4.90 Å². The molecule has 14 heavy (non-hydrogen) atoms. The van der Waals surface area contributed by atoms with Gasteiger partial charge in [-0.1, -0.05) is 0 Å². The average Bonchev–Trinajstić information content (AvgIpc) is 2.55. The molecule has 2 aliphatic rings. The maximum absolute atomic E-state index is 8.44. The fourth-order valence-corrected chi connectivity index (χ4v) is 2.66. The molecule has 0 aromatic carbocycles. The second kappa shape index (κ2) is 4.29. The zero-order valence-electron chi connectivity index (χ0n) is 8.76. The molecule has 0 aromatic heterocycles. The topological polar surface area (TPSA) is 39.1 Å². The molecule has 0 saturated carbocycles. The Morgan fingerprint density at radius 3 is 2.86 bits per heavy atom. The monoisotopic (exact) mass is 193 g/mol. The summed E-state index contributed by atoms with van der Waals surface area (Å²) in [5.74, 6) is 0. The maximum atomic E-state index is 8.44. The van der Waals surface area contributed by atoms with Gasteiger partial charge in [-0.15, -0.1) is 0 Å². The van der Waals surface area contributed by atoms with E-state index in [-0.39, 0.29) is 0 Å². The molecule has 3 nitrogen and oxygen atoms in total. The average molecular weight is 193 g/mol. The van der Waals surface area contributed by atoms with Gasteiger partial charge in [0.1, 0.15) is 0 Å². The molecule has 0 radical (unpaired) electrons. The van der Waals surface area contributed by atoms with Crippen LogP contribution < -0.4 is 5.32 Å². The number of hydrogen-bond donors (Lipinski definition) is 1. The molecule has 0 unspecified atom stereocenters. The fraction of sp³-hybridized carbons (Fsp3) is 0.909. The quantitative estimate of drug-likeness (QED) is 0.680. The van der Waals surface area contributed by atoms with Crippen molar-refractivity contribution in [3.8, 4) is 6.07 Å². The van der Waals surface area contributed by atoms with Crippen molar-refractivity contribution in [2.75, 3.05) is 26.2 Å². The number of hydrogen-bond acceptors (Lipinski definition) is 3. The smallest absolute Gasteiger partial charge is 0.0621 e. The molecule has 2 fully saturated rings. The van der Waals surface area contributed by atoms with Crippen LogP contribution in [0.2, 0.25) is 0 Å². The van der Waals surface area contributed by atoms with Crippen molar-refractivity contribution >= 4 is 0 Å². The highest BCUT2D eigenvalue weighted by molar-refractivity contribution is 5.05. The molecule has 2 rings (SSSR count). The van der Waals surface area contributed by atoms with E-state index in [1.54, 1.807) is 0 Å². The van der Waals surface area contributed by atoms with Gasteiger partial charge >= 0.3 is 0 Å². The van der Waals surface area contributed by atoms with Crippen LogP contribution in [-0.2, 0) is 0 Å². The third-order valence-electron chi connectivity index (χ3n) is 3.62. The lowest BCUT2D eigenvalue weighted by Crippen LogP contribution is -2.66. The van der Waals surface area contributed by atoms with Crippen LogP contribution in [0.5, 0.6) is 0 Å². The largest absolute Gasteiger partial charge is 0.313 e. The Hall–Kier alpha value is -0.590. The van der Waals surface area contributed by atoms with Gasteiger partial charge < -0.3 is 5.32 Å². The Balaban J connectivity index is 1.72. The fourth-order valence-electron chi connectivity index (χ4n) is 2.66. The maximum Gasteiger partial charge on any atom is 0.0621 e. The minimum absolute atomic E-state index is 0.520. The zero-order valence-corrected chi connectivity index (χ0v) is 8.76. The Kier molecular flexibility index (Phi) is 3.05. The summed E-state index contributed by atoms with van der Waals surface area (Å²) in [6, 6.07) is 2.21. The van der Waals surface area contributed by atoms with Crippen LogP contribution in [-0.4, -0.2) is 36.6 Å². The lowest BCUT2D eigenvalue weighted by Gasteiger charge is -2.46. The number of nitrogens with zero attached hydrogens (tertiary/aromatic N) is 2. The summed E-state index contributed by atoms with van der Waals surface area (Å²) < 4.78 is 0. The van der Waals surface area contributed by atoms with E-state index in [0.29, 0.717) is 5.54 Å². The first kappa shape index (κ1) is 9.95. The molecule has 2 saturated heterocycles. The van der Waals surface area contributed by atoms with Crippen molar-refractivity contribution in [1.29, 1.82) is 5.26 Å². The van der Waals surface area contributed by atoms with Crippen LogP contribution >= 0.6 is 0 Å². The lowest BCUT2D eigenvalue weighted by molar-refractivity contribution is 0.0778. The summed E-state index contributed by atoms with van der Waals surface area (Å²) in [5.41, 5.74) is 0.520. The Morgan fingerprint density at radius 1 is 1.36 bits per heavy atom. The molecular weight excluding hydrogens is 174 g/mol. The van der Waals surface area contributed by atoms with Gasteiger partial charge in [-0.05, 0) is 38.8 Å². The van der Waals surface area contributed by atoms with Gasteiger partial charge in [-0.2, -0.15) is 5.26 Å². The minimum Gasteiger partial charge on any atom is -0.313 e. The van der Waals surface area contributed by atoms with Gasteiger partial charge in [0.2, 0.25) is 0 Å². The molecule has 1 spiro atoms. The van der Waals surface area contributed by atoms with Gasteiger partial charge in [0.15, 0.2) is 0 Å². The first-order valence-electron chi connectivity index (χ1n) is 5.70. The lowest BCUT2D eigenvalue weighted by atomic mass is 9.89. The van der Waals surface area contributed by atoms with Crippen molar-refractivity contribution in [3.63, 3.8) is 0 Å². The summed E-state index contributed by atoms with van der Waals surface area (Å²) in [6.07, 6.45) is 5.71. The summed E-state index contributed by atoms with van der Waals surface area (Å²) in [5, 5.41) is 11.8. The zero-order chi connectivity index (χ0) is 9.86. The van der Waals surface area contributed by atoms with Crippen LogP contribution in [0.1, 0.15) is 32.1 Å². The predicted molar refractivity (Wildman–Crippen MR) is 55.9 cm³/mol. The van der Waals surface area contributed by atoms with E-state index in [4.69, 9.17) is 5.26 Å². The molecular formula is C11H19N3. The Morgan fingerprint density at radius 2 is 2.21 bits per heavy atom. The predicted octanol–water partition coefficient (Wildman–Crippen LogP) is 1.12. The molecule has 3 heteroatoms. The normalized spacial score (nSPS) is 24.8. The first-order valence-corrected chi connectivity index (χ1v) is 5.70. The second-order valence-corrected chi connectivity index (χ2v) is 4.53. The van der Waals surface area contributed by atoms with Crippen molar-refractivity contribution in [3.05, 3.63) is 0 Å². The van der Waals surface area contributed by atoms with Gasteiger partial charge in [-0.25, -0.2) is 0 Å². The summed E-state index contributed by atoms with van der Waals surface area (Å²) in [6.45, 7) is 4.84. The highest BCUT2D eigenvalue weighted by atomic mass is 15.3.